The quantitative estimate of drug-likeness (QED) is 0.767. The summed E-state index contributed by atoms with van der Waals surface area (Å²) < 4.78 is 0. The standard InChI is InChI=1S/C23H26N6O2/c1-3-18-11-20(26-14-25-18)19-10-17(12-24)23(27-22(19)16-4-5-16)28-7-8-29(15(2)13-28)21(31)6-9-30/h3,10-11,14-16,30H,1,4-9,13H2,2H3. The number of aliphatic hydroxyl groups is 1. The van der Waals surface area contributed by atoms with Crippen molar-refractivity contribution in [3.63, 3.8) is 0 Å². The first-order chi connectivity index (χ1) is 15.0. The third kappa shape index (κ3) is 4.28. The highest BCUT2D eigenvalue weighted by Crippen LogP contribution is 2.44. The summed E-state index contributed by atoms with van der Waals surface area (Å²) in [5, 5.41) is 19.0. The molecular weight excluding hydrogens is 392 g/mol. The Morgan fingerprint density at radius 1 is 1.35 bits per heavy atom. The van der Waals surface area contributed by atoms with E-state index in [0.717, 1.165) is 35.5 Å². The highest BCUT2D eigenvalue weighted by molar-refractivity contribution is 5.77. The van der Waals surface area contributed by atoms with Crippen LogP contribution in [0.1, 0.15) is 49.1 Å². The molecule has 2 aliphatic rings. The van der Waals surface area contributed by atoms with Gasteiger partial charge in [0.2, 0.25) is 5.91 Å². The first-order valence-corrected chi connectivity index (χ1v) is 10.6. The molecule has 3 heterocycles. The number of rotatable bonds is 6. The van der Waals surface area contributed by atoms with Crippen LogP contribution >= 0.6 is 0 Å². The maximum absolute atomic E-state index is 12.2. The van der Waals surface area contributed by atoms with E-state index < -0.39 is 0 Å². The van der Waals surface area contributed by atoms with Gasteiger partial charge in [0.05, 0.1) is 29.3 Å². The van der Waals surface area contributed by atoms with Gasteiger partial charge in [0.15, 0.2) is 0 Å². The second kappa shape index (κ2) is 8.82. The van der Waals surface area contributed by atoms with E-state index in [1.807, 2.05) is 19.1 Å². The van der Waals surface area contributed by atoms with Crippen LogP contribution in [0.2, 0.25) is 0 Å². The maximum Gasteiger partial charge on any atom is 0.225 e. The molecule has 0 spiro atoms. The van der Waals surface area contributed by atoms with E-state index >= 15 is 0 Å². The molecule has 1 saturated carbocycles. The number of nitrogens with zero attached hydrogens (tertiary/aromatic N) is 6. The van der Waals surface area contributed by atoms with E-state index in [1.165, 1.54) is 6.33 Å². The Labute approximate surface area is 181 Å². The van der Waals surface area contributed by atoms with Gasteiger partial charge in [-0.05, 0) is 38.0 Å². The molecule has 31 heavy (non-hydrogen) atoms. The van der Waals surface area contributed by atoms with Crippen molar-refractivity contribution in [3.8, 4) is 17.3 Å². The van der Waals surface area contributed by atoms with Crippen LogP contribution in [0.15, 0.2) is 25.0 Å². The van der Waals surface area contributed by atoms with E-state index in [1.54, 1.807) is 11.0 Å². The second-order valence-corrected chi connectivity index (χ2v) is 8.07. The number of amides is 1. The zero-order chi connectivity index (χ0) is 22.0. The number of hydrogen-bond acceptors (Lipinski definition) is 7. The zero-order valence-electron chi connectivity index (χ0n) is 17.7. The molecule has 0 aromatic carbocycles. The van der Waals surface area contributed by atoms with Crippen LogP contribution in [0.5, 0.6) is 0 Å². The van der Waals surface area contributed by atoms with Crippen molar-refractivity contribution in [1.29, 1.82) is 5.26 Å². The molecule has 0 radical (unpaired) electrons. The lowest BCUT2D eigenvalue weighted by atomic mass is 10.0. The summed E-state index contributed by atoms with van der Waals surface area (Å²) >= 11 is 0. The van der Waals surface area contributed by atoms with Gasteiger partial charge in [-0.15, -0.1) is 0 Å². The van der Waals surface area contributed by atoms with Crippen LogP contribution in [0.25, 0.3) is 17.3 Å². The Hall–Kier alpha value is -3.31. The van der Waals surface area contributed by atoms with Gasteiger partial charge >= 0.3 is 0 Å². The number of carbonyl (C=O) groups excluding carboxylic acids is 1. The number of hydrogen-bond donors (Lipinski definition) is 1. The number of aliphatic hydroxyl groups excluding tert-OH is 1. The summed E-state index contributed by atoms with van der Waals surface area (Å²) in [6.45, 7) is 7.35. The number of piperazine rings is 1. The average molecular weight is 419 g/mol. The maximum atomic E-state index is 12.2. The molecule has 1 aliphatic carbocycles. The van der Waals surface area contributed by atoms with Gasteiger partial charge in [0.25, 0.3) is 0 Å². The van der Waals surface area contributed by atoms with E-state index in [0.29, 0.717) is 36.9 Å². The summed E-state index contributed by atoms with van der Waals surface area (Å²) in [5.41, 5.74) is 3.81. The number of nitriles is 1. The average Bonchev–Trinajstić information content (AvgIpc) is 3.63. The first kappa shape index (κ1) is 20.9. The SMILES string of the molecule is C=Cc1cc(-c2cc(C#N)c(N3CCN(C(=O)CCO)C(C)C3)nc2C2CC2)ncn1. The molecule has 1 saturated heterocycles. The van der Waals surface area contributed by atoms with Crippen molar-refractivity contribution >= 4 is 17.8 Å². The number of anilines is 1. The van der Waals surface area contributed by atoms with Crippen molar-refractivity contribution in [2.75, 3.05) is 31.1 Å². The molecule has 0 bridgehead atoms. The Bertz CT molecular complexity index is 1040. The second-order valence-electron chi connectivity index (χ2n) is 8.07. The number of aromatic nitrogens is 3. The summed E-state index contributed by atoms with van der Waals surface area (Å²) in [6, 6.07) is 6.03. The van der Waals surface area contributed by atoms with Crippen molar-refractivity contribution in [2.24, 2.45) is 0 Å². The topological polar surface area (TPSA) is 106 Å². The summed E-state index contributed by atoms with van der Waals surface area (Å²) in [6.07, 6.45) is 5.47. The largest absolute Gasteiger partial charge is 0.396 e. The van der Waals surface area contributed by atoms with Crippen LogP contribution in [-0.2, 0) is 4.79 Å². The predicted molar refractivity (Wildman–Crippen MR) is 117 cm³/mol. The smallest absolute Gasteiger partial charge is 0.225 e. The van der Waals surface area contributed by atoms with Gasteiger partial charge in [-0.2, -0.15) is 5.26 Å². The lowest BCUT2D eigenvalue weighted by Gasteiger charge is -2.40. The van der Waals surface area contributed by atoms with Crippen LogP contribution in [0, 0.1) is 11.3 Å². The minimum Gasteiger partial charge on any atom is -0.396 e. The highest BCUT2D eigenvalue weighted by atomic mass is 16.3. The lowest BCUT2D eigenvalue weighted by molar-refractivity contribution is -0.134. The fraction of sp³-hybridized carbons (Fsp3) is 0.435. The molecule has 8 nitrogen and oxygen atoms in total. The third-order valence-corrected chi connectivity index (χ3v) is 5.86. The molecule has 160 valence electrons. The van der Waals surface area contributed by atoms with Crippen molar-refractivity contribution in [2.45, 2.75) is 38.1 Å². The Morgan fingerprint density at radius 2 is 2.16 bits per heavy atom. The predicted octanol–water partition coefficient (Wildman–Crippen LogP) is 2.35. The first-order valence-electron chi connectivity index (χ1n) is 10.6. The van der Waals surface area contributed by atoms with Crippen LogP contribution < -0.4 is 4.90 Å². The third-order valence-electron chi connectivity index (χ3n) is 5.86. The fourth-order valence-electron chi connectivity index (χ4n) is 4.10. The summed E-state index contributed by atoms with van der Waals surface area (Å²) in [5.74, 6) is 1.000. The van der Waals surface area contributed by atoms with Crippen LogP contribution in [0.4, 0.5) is 5.82 Å². The normalized spacial score (nSPS) is 18.5. The Morgan fingerprint density at radius 3 is 2.81 bits per heavy atom. The number of carbonyl (C=O) groups is 1. The molecule has 4 rings (SSSR count). The number of pyridine rings is 1. The van der Waals surface area contributed by atoms with Gasteiger partial charge < -0.3 is 14.9 Å². The summed E-state index contributed by atoms with van der Waals surface area (Å²) in [4.78, 5) is 29.7. The van der Waals surface area contributed by atoms with E-state index in [4.69, 9.17) is 10.1 Å². The van der Waals surface area contributed by atoms with Crippen molar-refractivity contribution in [1.82, 2.24) is 19.9 Å². The molecule has 1 unspecified atom stereocenters. The monoisotopic (exact) mass is 418 g/mol. The van der Waals surface area contributed by atoms with Gasteiger partial charge in [0, 0.05) is 43.6 Å². The van der Waals surface area contributed by atoms with E-state index in [-0.39, 0.29) is 25.0 Å². The van der Waals surface area contributed by atoms with Gasteiger partial charge in [-0.1, -0.05) is 6.58 Å². The lowest BCUT2D eigenvalue weighted by Crippen LogP contribution is -2.54. The van der Waals surface area contributed by atoms with E-state index in [2.05, 4.69) is 27.5 Å². The Balaban J connectivity index is 1.68. The molecule has 1 N–H and O–H groups in total. The minimum absolute atomic E-state index is 0.0257. The molecule has 8 heteroatoms. The molecule has 1 atom stereocenters. The Kier molecular flexibility index (Phi) is 5.96. The zero-order valence-corrected chi connectivity index (χ0v) is 17.7. The van der Waals surface area contributed by atoms with Crippen LogP contribution in [0.3, 0.4) is 0 Å². The molecule has 2 aromatic rings. The minimum atomic E-state index is -0.144. The molecule has 1 aliphatic heterocycles. The molecule has 2 fully saturated rings. The molecule has 1 amide bonds. The van der Waals surface area contributed by atoms with Gasteiger partial charge in [0.1, 0.15) is 18.2 Å². The van der Waals surface area contributed by atoms with E-state index in [9.17, 15) is 10.1 Å². The molecular formula is C23H26N6O2. The van der Waals surface area contributed by atoms with Crippen molar-refractivity contribution < 1.29 is 9.90 Å². The van der Waals surface area contributed by atoms with Gasteiger partial charge in [-0.3, -0.25) is 4.79 Å². The highest BCUT2D eigenvalue weighted by Gasteiger charge is 2.33. The van der Waals surface area contributed by atoms with Gasteiger partial charge in [-0.25, -0.2) is 15.0 Å². The molecule has 2 aromatic heterocycles. The fourth-order valence-corrected chi connectivity index (χ4v) is 4.10. The van der Waals surface area contributed by atoms with Crippen LogP contribution in [-0.4, -0.2) is 63.1 Å². The summed E-state index contributed by atoms with van der Waals surface area (Å²) in [7, 11) is 0. The van der Waals surface area contributed by atoms with Crippen molar-refractivity contribution in [3.05, 3.63) is 42.0 Å².